The van der Waals surface area contributed by atoms with Gasteiger partial charge in [0, 0.05) is 77.0 Å². The Morgan fingerprint density at radius 2 is 0.414 bits per heavy atom. The van der Waals surface area contributed by atoms with Crippen LogP contribution in [0.1, 0.15) is 103 Å². The van der Waals surface area contributed by atoms with Crippen LogP contribution in [0.25, 0.3) is 0 Å². The average Bonchev–Trinajstić information content (AvgIpc) is 1.67. The van der Waals surface area contributed by atoms with Gasteiger partial charge in [-0.25, -0.2) is 19.2 Å². The number of rotatable bonds is 74. The van der Waals surface area contributed by atoms with Gasteiger partial charge >= 0.3 is 83.3 Å². The molecule has 718 valence electrons. The van der Waals surface area contributed by atoms with E-state index in [0.29, 0.717) is 20.3 Å². The first-order valence-electron chi connectivity index (χ1n) is 38.7. The van der Waals surface area contributed by atoms with Crippen LogP contribution in [0, 0.1) is 10.8 Å². The van der Waals surface area contributed by atoms with Crippen LogP contribution in [0.3, 0.4) is 0 Å². The van der Waals surface area contributed by atoms with Gasteiger partial charge in [0.1, 0.15) is 52.9 Å². The summed E-state index contributed by atoms with van der Waals surface area (Å²) in [5.74, 6) is -16.3. The fourth-order valence-electron chi connectivity index (χ4n) is 9.54. The van der Waals surface area contributed by atoms with Gasteiger partial charge in [0.25, 0.3) is 53.7 Å². The number of amides is 8. The number of nitrogens with zero attached hydrogens (tertiary/aromatic N) is 4. The topological polar surface area (TPSA) is 733 Å². The number of nitrogens with two attached hydrogens (primary N) is 1. The van der Waals surface area contributed by atoms with Crippen LogP contribution in [-0.4, -0.2) is 394 Å². The normalized spacial score (nSPS) is 13.6. The molecule has 0 aromatic heterocycles. The molecule has 54 nitrogen and oxygen atoms in total. The number of imide groups is 4. The summed E-state index contributed by atoms with van der Waals surface area (Å²) >= 11 is 0. The fraction of sp³-hybridized carbons (Fsp3) is 0.699. The monoisotopic (exact) mass is 1860 g/mol. The van der Waals surface area contributed by atoms with Crippen LogP contribution >= 0.6 is 0 Å². The molecular formula is C73H106N5NaO49. The molecule has 0 saturated carbocycles. The summed E-state index contributed by atoms with van der Waals surface area (Å²) < 4.78 is 88.7. The molecule has 0 radical (unpaired) electrons. The maximum atomic E-state index is 12.1. The van der Waals surface area contributed by atoms with E-state index in [2.05, 4.69) is 10.6 Å². The first-order chi connectivity index (χ1) is 60.6. The quantitative estimate of drug-likeness (QED) is 0.00822. The molecule has 0 aliphatic carbocycles. The van der Waals surface area contributed by atoms with Crippen molar-refractivity contribution >= 4 is 131 Å². The van der Waals surface area contributed by atoms with Crippen molar-refractivity contribution < 1.29 is 266 Å². The molecule has 4 heterocycles. The van der Waals surface area contributed by atoms with E-state index >= 15 is 0 Å². The number of ether oxygens (including phenoxy) is 16. The first-order valence-corrected chi connectivity index (χ1v) is 38.7. The molecular weight excluding hydrogens is 1750 g/mol. The van der Waals surface area contributed by atoms with Crippen molar-refractivity contribution in [2.24, 2.45) is 16.6 Å². The van der Waals surface area contributed by atoms with E-state index in [1.165, 1.54) is 0 Å². The summed E-state index contributed by atoms with van der Waals surface area (Å²) in [6.07, 6.45) is -2.68. The summed E-state index contributed by atoms with van der Waals surface area (Å²) in [5, 5.41) is 52.4. The van der Waals surface area contributed by atoms with Crippen molar-refractivity contribution in [3.05, 3.63) is 0 Å². The predicted octanol–water partition coefficient (Wildman–Crippen LogP) is -9.16. The minimum Gasteiger partial charge on any atom is -0.662 e. The number of carbonyl (C=O) groups is 22. The van der Waals surface area contributed by atoms with Crippen molar-refractivity contribution in [1.82, 2.24) is 20.3 Å². The third-order valence-corrected chi connectivity index (χ3v) is 15.7. The van der Waals surface area contributed by atoms with Crippen LogP contribution in [0.5, 0.6) is 0 Å². The van der Waals surface area contributed by atoms with Crippen molar-refractivity contribution in [3.63, 3.8) is 0 Å². The second-order valence-corrected chi connectivity index (χ2v) is 26.5. The largest absolute Gasteiger partial charge is 1.00 e. The third-order valence-electron chi connectivity index (χ3n) is 15.7. The molecule has 0 aromatic rings. The van der Waals surface area contributed by atoms with Crippen LogP contribution in [0.15, 0.2) is 0 Å². The number of carbonyl (C=O) groups excluding carboxylic acids is 17. The van der Waals surface area contributed by atoms with E-state index in [1.54, 1.807) is 0 Å². The molecule has 0 atom stereocenters. The Bertz CT molecular complexity index is 3060. The minimum absolute atomic E-state index is 0. The summed E-state index contributed by atoms with van der Waals surface area (Å²) in [7, 11) is 0. The SMILES string of the molecule is NCC(=O)O.O=C(COCCOCC(COCCOCC(=O)ON1C(=O)CCC1=O)(COCCOCC(=O)ON1C(=O)CCC1=O)COCCOCC(=O)ON1C(=O)CCC1=O)ON1C(=O)CCC1=O.O=C(O)CCC(=O)COCCOCC(COCCOCC(=O)CCC(=O)O)(COCCOCC(=O)CCC(=O)O)COCCOCC(=O)CCC(=O)O.O=CO[O-].[Na+]. The van der Waals surface area contributed by atoms with Crippen molar-refractivity contribution in [2.45, 2.75) is 103 Å². The number of hydrogen-bond donors (Lipinski definition) is 6. The maximum absolute atomic E-state index is 12.1. The number of ketones is 4. The van der Waals surface area contributed by atoms with E-state index < -0.39 is 138 Å². The molecule has 4 aliphatic rings. The Morgan fingerprint density at radius 3 is 0.547 bits per heavy atom. The molecule has 4 fully saturated rings. The Hall–Kier alpha value is -9.78. The smallest absolute Gasteiger partial charge is 0.662 e. The van der Waals surface area contributed by atoms with E-state index in [9.17, 15) is 101 Å². The molecule has 0 aromatic carbocycles. The van der Waals surface area contributed by atoms with Gasteiger partial charge < -0.3 is 137 Å². The minimum atomic E-state index is -1.18. The third kappa shape index (κ3) is 59.4. The Kier molecular flexibility index (Phi) is 66.6. The zero-order valence-electron chi connectivity index (χ0n) is 70.3. The average molecular weight is 1860 g/mol. The van der Waals surface area contributed by atoms with Gasteiger partial charge in [-0.3, -0.25) is 86.3 Å². The van der Waals surface area contributed by atoms with E-state index in [0.717, 1.165) is 0 Å². The number of Topliss-reactive ketones (excluding diaryl/α,β-unsaturated/α-hetero) is 4. The van der Waals surface area contributed by atoms with Crippen LogP contribution in [-0.2, 0) is 206 Å². The molecule has 7 N–H and O–H groups in total. The summed E-state index contributed by atoms with van der Waals surface area (Å²) in [6.45, 7) is -6.27. The molecule has 128 heavy (non-hydrogen) atoms. The predicted molar refractivity (Wildman–Crippen MR) is 398 cm³/mol. The standard InChI is InChI=1S/C37H48N4O24.C33H52O20.C2H5NO2.CH2O3.Na/c42-25-1-2-26(43)38(25)62-33(50)17-54-9-13-58-21-37(22-59-14-10-55-18-34(51)63-39-27(44)3-4-28(39)45,23-60-15-11-56-19-35(52)64-40-29(46)5-6-30(40)47)24-61-16-12-57-20-36(53)65-41-31(48)7-8-32(41)49;34-25(1-5-29(38)39)17-46-9-13-50-21-33(22-51-14-10-47-18-26(35)2-6-30(40)41,23-52-15-11-48-19-27(36)3-7-31(42)43)24-53-16-12-49-20-28(37)4-8-32(44)45;3-1-2(4)5;2-1-4-3;/h1-24H2;1-24H2,(H,38,39)(H,40,41)(H,42,43)(H,44,45);1,3H2,(H,4,5);1,3H;/q;;;;+1/p-1. The molecule has 4 rings (SSSR count). The Morgan fingerprint density at radius 1 is 0.273 bits per heavy atom. The second kappa shape index (κ2) is 72.1. The van der Waals surface area contributed by atoms with Crippen LogP contribution in [0.2, 0.25) is 0 Å². The molecule has 55 heteroatoms. The molecule has 4 saturated heterocycles. The molecule has 8 amide bonds. The Labute approximate surface area is 750 Å². The van der Waals surface area contributed by atoms with Gasteiger partial charge in [-0.1, -0.05) is 0 Å². The molecule has 0 bridgehead atoms. The Balaban J connectivity index is 0.00000232. The van der Waals surface area contributed by atoms with Crippen LogP contribution < -0.4 is 40.5 Å². The summed E-state index contributed by atoms with van der Waals surface area (Å²) in [6, 6.07) is 0. The van der Waals surface area contributed by atoms with E-state index in [4.69, 9.17) is 131 Å². The van der Waals surface area contributed by atoms with Crippen molar-refractivity contribution in [2.75, 3.05) is 218 Å². The molecule has 4 aliphatic heterocycles. The van der Waals surface area contributed by atoms with Gasteiger partial charge in [-0.15, -0.1) is 20.3 Å². The zero-order chi connectivity index (χ0) is 94.6. The molecule has 0 unspecified atom stereocenters. The second-order valence-electron chi connectivity index (χ2n) is 26.5. The first kappa shape index (κ1) is 118. The van der Waals surface area contributed by atoms with Crippen molar-refractivity contribution in [1.29, 1.82) is 0 Å². The van der Waals surface area contributed by atoms with Gasteiger partial charge in [-0.2, -0.15) is 0 Å². The van der Waals surface area contributed by atoms with E-state index in [-0.39, 0.29) is 353 Å². The fourth-order valence-corrected chi connectivity index (χ4v) is 9.54. The van der Waals surface area contributed by atoms with Gasteiger partial charge in [0.05, 0.1) is 202 Å². The zero-order valence-corrected chi connectivity index (χ0v) is 72.3. The van der Waals surface area contributed by atoms with Gasteiger partial charge in [0.2, 0.25) is 0 Å². The summed E-state index contributed by atoms with van der Waals surface area (Å²) in [4.78, 5) is 271. The molecule has 0 spiro atoms. The van der Waals surface area contributed by atoms with E-state index in [1.807, 2.05) is 0 Å². The van der Waals surface area contributed by atoms with Gasteiger partial charge in [0.15, 0.2) is 23.1 Å². The number of carboxylic acid groups (broad SMARTS) is 5. The number of carboxylic acids is 5. The van der Waals surface area contributed by atoms with Crippen LogP contribution in [0.4, 0.5) is 0 Å². The van der Waals surface area contributed by atoms with Crippen molar-refractivity contribution in [3.8, 4) is 0 Å². The maximum Gasteiger partial charge on any atom is 1.00 e. The van der Waals surface area contributed by atoms with Gasteiger partial charge in [-0.05, 0) is 0 Å². The number of aliphatic carboxylic acids is 5. The number of hydrogen-bond acceptors (Lipinski definition) is 45. The number of hydroxylamine groups is 8. The summed E-state index contributed by atoms with van der Waals surface area (Å²) in [5.41, 5.74) is 2.38.